The van der Waals surface area contributed by atoms with Crippen molar-refractivity contribution in [3.05, 3.63) is 17.6 Å². The zero-order valence-electron chi connectivity index (χ0n) is 6.92. The summed E-state index contributed by atoms with van der Waals surface area (Å²) in [6.07, 6.45) is 4.08. The van der Waals surface area contributed by atoms with Crippen LogP contribution in [0.3, 0.4) is 0 Å². The first-order valence-electron chi connectivity index (χ1n) is 3.53. The second-order valence-corrected chi connectivity index (χ2v) is 5.85. The van der Waals surface area contributed by atoms with Gasteiger partial charge < -0.3 is 4.57 Å². The van der Waals surface area contributed by atoms with E-state index in [0.29, 0.717) is 0 Å². The van der Waals surface area contributed by atoms with Gasteiger partial charge in [0.2, 0.25) is 0 Å². The number of allylic oxidation sites excluding steroid dienone is 1. The number of hydrogen-bond acceptors (Lipinski definition) is 1. The molecule has 0 saturated carbocycles. The molecule has 2 heteroatoms. The molecule has 0 aromatic rings. The molecule has 0 amide bonds. The van der Waals surface area contributed by atoms with Gasteiger partial charge in [-0.2, -0.15) is 0 Å². The summed E-state index contributed by atoms with van der Waals surface area (Å²) in [5, 5.41) is 0. The molecule has 0 aliphatic carbocycles. The van der Waals surface area contributed by atoms with E-state index in [0.717, 1.165) is 12.8 Å². The van der Waals surface area contributed by atoms with Gasteiger partial charge in [-0.25, -0.2) is 0 Å². The minimum absolute atomic E-state index is 1.02. The maximum absolute atomic E-state index is 11.0. The highest BCUT2D eigenvalue weighted by Crippen LogP contribution is 2.36. The standard InChI is InChI=1S/C8H15OP/c1-4-5-6-7-8-10(2,3)9/h6,8H,4-5H2,1-3H3. The van der Waals surface area contributed by atoms with Crippen LogP contribution >= 0.6 is 7.14 Å². The van der Waals surface area contributed by atoms with Gasteiger partial charge in [0.25, 0.3) is 0 Å². The van der Waals surface area contributed by atoms with E-state index in [2.05, 4.69) is 12.7 Å². The third kappa shape index (κ3) is 7.75. The molecule has 0 aromatic carbocycles. The van der Waals surface area contributed by atoms with E-state index in [-0.39, 0.29) is 0 Å². The highest BCUT2D eigenvalue weighted by atomic mass is 31.2. The van der Waals surface area contributed by atoms with E-state index in [4.69, 9.17) is 0 Å². The predicted octanol–water partition coefficient (Wildman–Crippen LogP) is 3.08. The molecule has 0 bridgehead atoms. The summed E-state index contributed by atoms with van der Waals surface area (Å²) in [5.74, 6) is 1.67. The molecule has 58 valence electrons. The minimum atomic E-state index is -1.97. The van der Waals surface area contributed by atoms with Crippen LogP contribution in [0.1, 0.15) is 19.8 Å². The highest BCUT2D eigenvalue weighted by molar-refractivity contribution is 7.65. The Hall–Kier alpha value is -0.250. The van der Waals surface area contributed by atoms with E-state index in [1.807, 2.05) is 6.08 Å². The largest absolute Gasteiger partial charge is 0.319 e. The average molecular weight is 158 g/mol. The fraction of sp³-hybridized carbons (Fsp3) is 0.625. The lowest BCUT2D eigenvalue weighted by molar-refractivity contribution is 0.588. The van der Waals surface area contributed by atoms with E-state index in [1.165, 1.54) is 0 Å². The Labute approximate surface area is 63.2 Å². The van der Waals surface area contributed by atoms with Crippen LogP contribution in [-0.4, -0.2) is 13.3 Å². The fourth-order valence-corrected chi connectivity index (χ4v) is 0.924. The molecular weight excluding hydrogens is 143 g/mol. The van der Waals surface area contributed by atoms with Crippen molar-refractivity contribution in [1.29, 1.82) is 0 Å². The fourth-order valence-electron chi connectivity index (χ4n) is 0.460. The monoisotopic (exact) mass is 158 g/mol. The Kier molecular flexibility index (Phi) is 4.43. The van der Waals surface area contributed by atoms with Gasteiger partial charge in [0.15, 0.2) is 0 Å². The van der Waals surface area contributed by atoms with Gasteiger partial charge in [-0.1, -0.05) is 13.3 Å². The van der Waals surface area contributed by atoms with E-state index < -0.39 is 7.14 Å². The van der Waals surface area contributed by atoms with Gasteiger partial charge in [-0.3, -0.25) is 0 Å². The third-order valence-corrected chi connectivity index (χ3v) is 1.71. The van der Waals surface area contributed by atoms with Gasteiger partial charge in [0.1, 0.15) is 7.14 Å². The number of unbranched alkanes of at least 4 members (excludes halogenated alkanes) is 1. The maximum Gasteiger partial charge on any atom is 0.110 e. The summed E-state index contributed by atoms with van der Waals surface area (Å²) in [5.41, 5.74) is 2.91. The molecule has 0 heterocycles. The van der Waals surface area contributed by atoms with Crippen molar-refractivity contribution in [2.24, 2.45) is 0 Å². The molecule has 0 spiro atoms. The summed E-state index contributed by atoms with van der Waals surface area (Å²) in [4.78, 5) is 0. The van der Waals surface area contributed by atoms with E-state index in [1.54, 1.807) is 19.1 Å². The summed E-state index contributed by atoms with van der Waals surface area (Å²) in [6.45, 7) is 5.58. The van der Waals surface area contributed by atoms with Crippen LogP contribution in [0.5, 0.6) is 0 Å². The molecule has 0 rings (SSSR count). The Morgan fingerprint density at radius 3 is 2.50 bits per heavy atom. The second-order valence-electron chi connectivity index (χ2n) is 2.72. The zero-order valence-corrected chi connectivity index (χ0v) is 7.82. The van der Waals surface area contributed by atoms with Crippen molar-refractivity contribution < 1.29 is 4.57 Å². The Morgan fingerprint density at radius 1 is 1.50 bits per heavy atom. The lowest BCUT2D eigenvalue weighted by Crippen LogP contribution is -1.63. The summed E-state index contributed by atoms with van der Waals surface area (Å²) >= 11 is 0. The first kappa shape index (κ1) is 9.75. The number of rotatable bonds is 3. The van der Waals surface area contributed by atoms with Gasteiger partial charge in [0, 0.05) is 5.82 Å². The second kappa shape index (κ2) is 4.55. The summed E-state index contributed by atoms with van der Waals surface area (Å²) in [6, 6.07) is 0. The van der Waals surface area contributed by atoms with Crippen LogP contribution in [-0.2, 0) is 4.57 Å². The van der Waals surface area contributed by atoms with Crippen LogP contribution in [0.25, 0.3) is 0 Å². The normalized spacial score (nSPS) is 10.3. The molecular formula is C8H15OP. The molecule has 0 radical (unpaired) electrons. The lowest BCUT2D eigenvalue weighted by atomic mass is 10.3. The van der Waals surface area contributed by atoms with Crippen LogP contribution in [0.15, 0.2) is 17.6 Å². The zero-order chi connectivity index (χ0) is 8.04. The smallest absolute Gasteiger partial charge is 0.110 e. The van der Waals surface area contributed by atoms with Crippen LogP contribution in [0.2, 0.25) is 0 Å². The molecule has 0 aromatic heterocycles. The SMILES string of the molecule is CCCC=C=CP(C)(C)=O. The van der Waals surface area contributed by atoms with Crippen LogP contribution in [0, 0.1) is 0 Å². The van der Waals surface area contributed by atoms with Crippen molar-refractivity contribution in [2.75, 3.05) is 13.3 Å². The molecule has 0 fully saturated rings. The molecule has 1 nitrogen and oxygen atoms in total. The lowest BCUT2D eigenvalue weighted by Gasteiger charge is -1.91. The van der Waals surface area contributed by atoms with Crippen molar-refractivity contribution >= 4 is 7.14 Å². The molecule has 0 N–H and O–H groups in total. The molecule has 0 aliphatic rings. The minimum Gasteiger partial charge on any atom is -0.319 e. The van der Waals surface area contributed by atoms with Crippen LogP contribution in [0.4, 0.5) is 0 Å². The molecule has 0 saturated heterocycles. The van der Waals surface area contributed by atoms with Gasteiger partial charge >= 0.3 is 0 Å². The first-order valence-corrected chi connectivity index (χ1v) is 6.20. The van der Waals surface area contributed by atoms with Crippen molar-refractivity contribution in [3.8, 4) is 0 Å². The van der Waals surface area contributed by atoms with Crippen molar-refractivity contribution in [2.45, 2.75) is 19.8 Å². The Bertz CT molecular complexity index is 181. The quantitative estimate of drug-likeness (QED) is 0.455. The van der Waals surface area contributed by atoms with Gasteiger partial charge in [-0.15, -0.1) is 5.73 Å². The van der Waals surface area contributed by atoms with Crippen molar-refractivity contribution in [3.63, 3.8) is 0 Å². The molecule has 0 aliphatic heterocycles. The molecule has 0 unspecified atom stereocenters. The predicted molar refractivity (Wildman–Crippen MR) is 47.0 cm³/mol. The summed E-state index contributed by atoms with van der Waals surface area (Å²) in [7, 11) is -1.97. The highest BCUT2D eigenvalue weighted by Gasteiger charge is 1.96. The third-order valence-electron chi connectivity index (χ3n) is 0.936. The van der Waals surface area contributed by atoms with E-state index in [9.17, 15) is 4.57 Å². The molecule has 0 atom stereocenters. The average Bonchev–Trinajstić information content (AvgIpc) is 1.78. The van der Waals surface area contributed by atoms with Crippen molar-refractivity contribution in [1.82, 2.24) is 0 Å². The summed E-state index contributed by atoms with van der Waals surface area (Å²) < 4.78 is 11.0. The maximum atomic E-state index is 11.0. The van der Waals surface area contributed by atoms with Crippen LogP contribution < -0.4 is 0 Å². The number of hydrogen-bond donors (Lipinski definition) is 0. The Morgan fingerprint density at radius 2 is 2.10 bits per heavy atom. The Balaban J connectivity index is 3.87. The van der Waals surface area contributed by atoms with Gasteiger partial charge in [-0.05, 0) is 25.8 Å². The first-order chi connectivity index (χ1) is 4.56. The van der Waals surface area contributed by atoms with E-state index >= 15 is 0 Å². The molecule has 10 heavy (non-hydrogen) atoms. The van der Waals surface area contributed by atoms with Gasteiger partial charge in [0.05, 0.1) is 0 Å². The topological polar surface area (TPSA) is 17.1 Å².